The minimum absolute atomic E-state index is 0.0565. The van der Waals surface area contributed by atoms with E-state index in [-0.39, 0.29) is 12.6 Å². The number of carboxylic acids is 1. The van der Waals surface area contributed by atoms with Gasteiger partial charge in [0.1, 0.15) is 6.17 Å². The van der Waals surface area contributed by atoms with Crippen LogP contribution in [0.2, 0.25) is 0 Å². The van der Waals surface area contributed by atoms with Gasteiger partial charge in [0.15, 0.2) is 0 Å². The number of aryl methyl sites for hydroxylation is 2. The molecule has 2 N–H and O–H groups in total. The Morgan fingerprint density at radius 1 is 1.45 bits per heavy atom. The Balaban J connectivity index is 1.98. The molecule has 1 aromatic rings. The van der Waals surface area contributed by atoms with Crippen LogP contribution in [-0.2, 0) is 9.63 Å². The van der Waals surface area contributed by atoms with Crippen LogP contribution >= 0.6 is 0 Å². The summed E-state index contributed by atoms with van der Waals surface area (Å²) in [6.45, 7) is 6.33. The highest BCUT2D eigenvalue weighted by atomic mass is 16.7. The first-order valence-electron chi connectivity index (χ1n) is 7.00. The average molecular weight is 278 g/mol. The maximum absolute atomic E-state index is 10.5. The molecule has 5 nitrogen and oxygen atoms in total. The summed E-state index contributed by atoms with van der Waals surface area (Å²) in [4.78, 5) is 16.2. The van der Waals surface area contributed by atoms with Gasteiger partial charge in [-0.15, -0.1) is 0 Å². The third kappa shape index (κ3) is 3.56. The van der Waals surface area contributed by atoms with E-state index in [1.165, 1.54) is 16.7 Å². The summed E-state index contributed by atoms with van der Waals surface area (Å²) in [7, 11) is 0. The molecule has 110 valence electrons. The summed E-state index contributed by atoms with van der Waals surface area (Å²) in [5.41, 5.74) is 3.73. The molecule has 5 heteroatoms. The van der Waals surface area contributed by atoms with Gasteiger partial charge >= 0.3 is 5.97 Å². The van der Waals surface area contributed by atoms with E-state index in [2.05, 4.69) is 37.4 Å². The van der Waals surface area contributed by atoms with Crippen molar-refractivity contribution in [2.45, 2.75) is 32.9 Å². The molecule has 2 rings (SSSR count). The van der Waals surface area contributed by atoms with Crippen molar-refractivity contribution >= 4 is 5.97 Å². The van der Waals surface area contributed by atoms with Gasteiger partial charge in [0, 0.05) is 19.5 Å². The Labute approximate surface area is 119 Å². The van der Waals surface area contributed by atoms with Crippen LogP contribution in [-0.4, -0.2) is 35.8 Å². The lowest BCUT2D eigenvalue weighted by Crippen LogP contribution is -2.29. The fraction of sp³-hybridized carbons (Fsp3) is 0.533. The molecule has 0 spiro atoms. The number of benzene rings is 1. The smallest absolute Gasteiger partial charge is 0.303 e. The number of carboxylic acid groups (broad SMARTS) is 1. The van der Waals surface area contributed by atoms with Crippen molar-refractivity contribution in [3.63, 3.8) is 0 Å². The second-order valence-corrected chi connectivity index (χ2v) is 5.13. The second-order valence-electron chi connectivity index (χ2n) is 5.13. The third-order valence-electron chi connectivity index (χ3n) is 3.57. The van der Waals surface area contributed by atoms with E-state index in [0.717, 1.165) is 13.1 Å². The van der Waals surface area contributed by atoms with Crippen LogP contribution in [0.15, 0.2) is 18.2 Å². The Kier molecular flexibility index (Phi) is 5.11. The van der Waals surface area contributed by atoms with E-state index in [0.29, 0.717) is 13.0 Å². The summed E-state index contributed by atoms with van der Waals surface area (Å²) in [6, 6.07) is 6.26. The molecular formula is C15H22N2O3. The molecule has 0 aromatic heterocycles. The van der Waals surface area contributed by atoms with Crippen LogP contribution in [0, 0.1) is 13.8 Å². The van der Waals surface area contributed by atoms with E-state index in [1.807, 2.05) is 5.06 Å². The number of hydroxylamine groups is 2. The predicted molar refractivity (Wildman–Crippen MR) is 76.2 cm³/mol. The van der Waals surface area contributed by atoms with Gasteiger partial charge in [-0.3, -0.25) is 14.9 Å². The van der Waals surface area contributed by atoms with E-state index in [9.17, 15) is 4.79 Å². The van der Waals surface area contributed by atoms with Crippen molar-refractivity contribution in [3.8, 4) is 0 Å². The number of hydrogen-bond acceptors (Lipinski definition) is 4. The van der Waals surface area contributed by atoms with Crippen LogP contribution in [0.25, 0.3) is 0 Å². The minimum Gasteiger partial charge on any atom is -0.481 e. The highest BCUT2D eigenvalue weighted by Gasteiger charge is 2.28. The van der Waals surface area contributed by atoms with E-state index in [1.54, 1.807) is 0 Å². The lowest BCUT2D eigenvalue weighted by Gasteiger charge is -2.26. The summed E-state index contributed by atoms with van der Waals surface area (Å²) in [5.74, 6) is -0.778. The topological polar surface area (TPSA) is 61.8 Å². The summed E-state index contributed by atoms with van der Waals surface area (Å²) in [5, 5.41) is 14.0. The Morgan fingerprint density at radius 2 is 2.15 bits per heavy atom. The number of carbonyl (C=O) groups is 1. The third-order valence-corrected chi connectivity index (χ3v) is 3.57. The summed E-state index contributed by atoms with van der Waals surface area (Å²) < 4.78 is 0. The van der Waals surface area contributed by atoms with Crippen molar-refractivity contribution in [3.05, 3.63) is 34.9 Å². The Bertz CT molecular complexity index is 456. The molecule has 1 aliphatic heterocycles. The van der Waals surface area contributed by atoms with Crippen molar-refractivity contribution in [1.29, 1.82) is 0 Å². The Morgan fingerprint density at radius 3 is 2.80 bits per heavy atom. The van der Waals surface area contributed by atoms with Gasteiger partial charge in [-0.05, 0) is 37.0 Å². The normalized spacial score (nSPS) is 19.4. The highest BCUT2D eigenvalue weighted by Crippen LogP contribution is 2.27. The van der Waals surface area contributed by atoms with Gasteiger partial charge in [-0.2, -0.15) is 5.06 Å². The fourth-order valence-corrected chi connectivity index (χ4v) is 2.59. The van der Waals surface area contributed by atoms with Crippen LogP contribution in [0.4, 0.5) is 0 Å². The average Bonchev–Trinajstić information content (AvgIpc) is 2.82. The molecule has 1 atom stereocenters. The zero-order valence-electron chi connectivity index (χ0n) is 12.1. The largest absolute Gasteiger partial charge is 0.481 e. The lowest BCUT2D eigenvalue weighted by molar-refractivity contribution is -0.174. The summed E-state index contributed by atoms with van der Waals surface area (Å²) >= 11 is 0. The molecule has 20 heavy (non-hydrogen) atoms. The van der Waals surface area contributed by atoms with Gasteiger partial charge in [-0.25, -0.2) is 0 Å². The molecule has 1 fully saturated rings. The molecular weight excluding hydrogens is 256 g/mol. The van der Waals surface area contributed by atoms with Crippen molar-refractivity contribution < 1.29 is 14.7 Å². The lowest BCUT2D eigenvalue weighted by atomic mass is 10.0. The number of aliphatic carboxylic acids is 1. The SMILES string of the molecule is Cc1cccc(C)c1C1NCCN1OCCCC(=O)O. The van der Waals surface area contributed by atoms with Crippen LogP contribution in [0.3, 0.4) is 0 Å². The predicted octanol–water partition coefficient (Wildman–Crippen LogP) is 2.00. The molecule has 0 radical (unpaired) electrons. The van der Waals surface area contributed by atoms with Crippen molar-refractivity contribution in [2.75, 3.05) is 19.7 Å². The molecule has 0 amide bonds. The molecule has 1 unspecified atom stereocenters. The van der Waals surface area contributed by atoms with Gasteiger partial charge in [0.25, 0.3) is 0 Å². The van der Waals surface area contributed by atoms with Crippen LogP contribution < -0.4 is 5.32 Å². The maximum atomic E-state index is 10.5. The summed E-state index contributed by atoms with van der Waals surface area (Å²) in [6.07, 6.45) is 0.738. The van der Waals surface area contributed by atoms with E-state index < -0.39 is 5.97 Å². The standard InChI is InChI=1S/C15H22N2O3/c1-11-5-3-6-12(2)14(11)15-16-8-9-17(15)20-10-4-7-13(18)19/h3,5-6,15-16H,4,7-10H2,1-2H3,(H,18,19). The second kappa shape index (κ2) is 6.83. The van der Waals surface area contributed by atoms with Crippen molar-refractivity contribution in [1.82, 2.24) is 10.4 Å². The van der Waals surface area contributed by atoms with Crippen LogP contribution in [0.1, 0.15) is 35.7 Å². The van der Waals surface area contributed by atoms with Gasteiger partial charge in [0.2, 0.25) is 0 Å². The number of nitrogens with zero attached hydrogens (tertiary/aromatic N) is 1. The zero-order chi connectivity index (χ0) is 14.5. The van der Waals surface area contributed by atoms with Gasteiger partial charge in [-0.1, -0.05) is 18.2 Å². The molecule has 1 aliphatic rings. The first-order valence-corrected chi connectivity index (χ1v) is 7.00. The van der Waals surface area contributed by atoms with Gasteiger partial charge in [0.05, 0.1) is 6.61 Å². The minimum atomic E-state index is -0.778. The zero-order valence-corrected chi connectivity index (χ0v) is 12.1. The number of rotatable bonds is 6. The fourth-order valence-electron chi connectivity index (χ4n) is 2.59. The molecule has 0 saturated carbocycles. The molecule has 1 aromatic carbocycles. The molecule has 1 heterocycles. The monoisotopic (exact) mass is 278 g/mol. The first kappa shape index (κ1) is 15.0. The van der Waals surface area contributed by atoms with Gasteiger partial charge < -0.3 is 5.11 Å². The molecule has 0 aliphatic carbocycles. The number of nitrogens with one attached hydrogen (secondary N) is 1. The van der Waals surface area contributed by atoms with Crippen LogP contribution in [0.5, 0.6) is 0 Å². The van der Waals surface area contributed by atoms with E-state index in [4.69, 9.17) is 9.94 Å². The highest BCUT2D eigenvalue weighted by molar-refractivity contribution is 5.66. The maximum Gasteiger partial charge on any atom is 0.303 e. The van der Waals surface area contributed by atoms with E-state index >= 15 is 0 Å². The Hall–Kier alpha value is -1.43. The quantitative estimate of drug-likeness (QED) is 0.779. The number of hydrogen-bond donors (Lipinski definition) is 2. The molecule has 0 bridgehead atoms. The molecule has 1 saturated heterocycles. The first-order chi connectivity index (χ1) is 9.59. The van der Waals surface area contributed by atoms with Crippen molar-refractivity contribution in [2.24, 2.45) is 0 Å².